The zero-order valence-electron chi connectivity index (χ0n) is 15.4. The molecule has 1 aliphatic rings. The Balaban J connectivity index is 1.55. The second-order valence-corrected chi connectivity index (χ2v) is 6.98. The summed E-state index contributed by atoms with van der Waals surface area (Å²) < 4.78 is 32.7. The number of benzene rings is 1. The van der Waals surface area contributed by atoms with Crippen molar-refractivity contribution in [1.29, 1.82) is 0 Å². The third kappa shape index (κ3) is 2.70. The molecule has 5 rings (SSSR count). The molecule has 1 saturated heterocycles. The van der Waals surface area contributed by atoms with E-state index in [1.165, 1.54) is 16.9 Å². The maximum atomic E-state index is 14.9. The average molecular weight is 383 g/mol. The SMILES string of the molecule is Cn1ncc2c(F)c(Cc3cnc4ccc(N5CCNCC5)nn34)c(F)cc21. The number of halogens is 2. The Kier molecular flexibility index (Phi) is 3.97. The molecule has 144 valence electrons. The Labute approximate surface area is 159 Å². The number of piperazine rings is 1. The highest BCUT2D eigenvalue weighted by Crippen LogP contribution is 2.26. The van der Waals surface area contributed by atoms with Crippen molar-refractivity contribution in [3.05, 3.63) is 53.5 Å². The predicted molar refractivity (Wildman–Crippen MR) is 102 cm³/mol. The monoisotopic (exact) mass is 383 g/mol. The Bertz CT molecular complexity index is 1170. The predicted octanol–water partition coefficient (Wildman–Crippen LogP) is 1.89. The van der Waals surface area contributed by atoms with Crippen LogP contribution in [0.15, 0.2) is 30.6 Å². The van der Waals surface area contributed by atoms with Crippen LogP contribution in [0.2, 0.25) is 0 Å². The second-order valence-electron chi connectivity index (χ2n) is 6.98. The van der Waals surface area contributed by atoms with Crippen LogP contribution in [0, 0.1) is 11.6 Å². The van der Waals surface area contributed by atoms with Gasteiger partial charge in [0.05, 0.1) is 29.0 Å². The summed E-state index contributed by atoms with van der Waals surface area (Å²) in [5.41, 5.74) is 1.71. The van der Waals surface area contributed by atoms with Gasteiger partial charge in [-0.2, -0.15) is 5.10 Å². The topological polar surface area (TPSA) is 63.3 Å². The lowest BCUT2D eigenvalue weighted by molar-refractivity contribution is 0.566. The van der Waals surface area contributed by atoms with Gasteiger partial charge in [0.15, 0.2) is 5.65 Å². The fourth-order valence-corrected chi connectivity index (χ4v) is 3.70. The first-order valence-electron chi connectivity index (χ1n) is 9.20. The lowest BCUT2D eigenvalue weighted by Gasteiger charge is -2.28. The summed E-state index contributed by atoms with van der Waals surface area (Å²) >= 11 is 0. The second kappa shape index (κ2) is 6.52. The first-order valence-corrected chi connectivity index (χ1v) is 9.20. The molecule has 0 amide bonds. The van der Waals surface area contributed by atoms with Gasteiger partial charge in [-0.05, 0) is 12.1 Å². The van der Waals surface area contributed by atoms with Crippen molar-refractivity contribution in [2.45, 2.75) is 6.42 Å². The average Bonchev–Trinajstić information content (AvgIpc) is 3.29. The zero-order valence-corrected chi connectivity index (χ0v) is 15.4. The number of imidazole rings is 1. The van der Waals surface area contributed by atoms with Gasteiger partial charge in [0.2, 0.25) is 0 Å². The van der Waals surface area contributed by atoms with E-state index in [2.05, 4.69) is 25.4 Å². The summed E-state index contributed by atoms with van der Waals surface area (Å²) in [5.74, 6) is -0.352. The number of aromatic nitrogens is 5. The molecule has 0 unspecified atom stereocenters. The van der Waals surface area contributed by atoms with E-state index in [1.807, 2.05) is 12.1 Å². The van der Waals surface area contributed by atoms with Crippen LogP contribution in [0.1, 0.15) is 11.3 Å². The molecule has 0 spiro atoms. The highest BCUT2D eigenvalue weighted by Gasteiger charge is 2.19. The number of rotatable bonds is 3. The molecular weight excluding hydrogens is 364 g/mol. The van der Waals surface area contributed by atoms with E-state index in [0.29, 0.717) is 22.2 Å². The molecule has 1 aromatic carbocycles. The molecule has 0 radical (unpaired) electrons. The Morgan fingerprint density at radius 3 is 2.79 bits per heavy atom. The molecule has 4 aromatic rings. The summed E-state index contributed by atoms with van der Waals surface area (Å²) in [4.78, 5) is 6.52. The Morgan fingerprint density at radius 1 is 1.14 bits per heavy atom. The van der Waals surface area contributed by atoms with Crippen molar-refractivity contribution in [2.75, 3.05) is 31.1 Å². The molecule has 28 heavy (non-hydrogen) atoms. The fourth-order valence-electron chi connectivity index (χ4n) is 3.70. The third-order valence-electron chi connectivity index (χ3n) is 5.26. The molecule has 3 aromatic heterocycles. The van der Waals surface area contributed by atoms with Crippen molar-refractivity contribution in [3.63, 3.8) is 0 Å². The molecule has 1 N–H and O–H groups in total. The maximum absolute atomic E-state index is 14.9. The minimum Gasteiger partial charge on any atom is -0.353 e. The van der Waals surface area contributed by atoms with Gasteiger partial charge in [0.25, 0.3) is 0 Å². The molecule has 0 bridgehead atoms. The minimum atomic E-state index is -0.596. The molecule has 7 nitrogen and oxygen atoms in total. The summed E-state index contributed by atoms with van der Waals surface area (Å²) in [7, 11) is 1.66. The van der Waals surface area contributed by atoms with Crippen molar-refractivity contribution < 1.29 is 8.78 Å². The lowest BCUT2D eigenvalue weighted by Crippen LogP contribution is -2.44. The zero-order chi connectivity index (χ0) is 19.3. The van der Waals surface area contributed by atoms with Crippen LogP contribution in [0.3, 0.4) is 0 Å². The highest BCUT2D eigenvalue weighted by atomic mass is 19.1. The van der Waals surface area contributed by atoms with Crippen molar-refractivity contribution in [1.82, 2.24) is 29.7 Å². The van der Waals surface area contributed by atoms with Crippen LogP contribution >= 0.6 is 0 Å². The molecule has 0 saturated carbocycles. The number of anilines is 1. The van der Waals surface area contributed by atoms with Crippen molar-refractivity contribution in [2.24, 2.45) is 7.05 Å². The van der Waals surface area contributed by atoms with Crippen LogP contribution in [-0.2, 0) is 13.5 Å². The van der Waals surface area contributed by atoms with Crippen LogP contribution < -0.4 is 10.2 Å². The Morgan fingerprint density at radius 2 is 1.96 bits per heavy atom. The number of aryl methyl sites for hydroxylation is 1. The van der Waals surface area contributed by atoms with Crippen molar-refractivity contribution >= 4 is 22.4 Å². The van der Waals surface area contributed by atoms with E-state index >= 15 is 0 Å². The number of nitrogens with zero attached hydrogens (tertiary/aromatic N) is 6. The normalized spacial score (nSPS) is 15.0. The van der Waals surface area contributed by atoms with Gasteiger partial charge in [-0.15, -0.1) is 5.10 Å². The highest BCUT2D eigenvalue weighted by molar-refractivity contribution is 5.80. The molecule has 1 fully saturated rings. The van der Waals surface area contributed by atoms with Crippen molar-refractivity contribution in [3.8, 4) is 0 Å². The summed E-state index contributed by atoms with van der Waals surface area (Å²) in [6, 6.07) is 5.13. The molecular formula is C19H19F2N7. The molecule has 9 heteroatoms. The summed E-state index contributed by atoms with van der Waals surface area (Å²) in [6.07, 6.45) is 3.10. The van der Waals surface area contributed by atoms with E-state index < -0.39 is 11.6 Å². The quantitative estimate of drug-likeness (QED) is 0.586. The van der Waals surface area contributed by atoms with Gasteiger partial charge in [-0.3, -0.25) is 4.68 Å². The molecule has 0 atom stereocenters. The van der Waals surface area contributed by atoms with Gasteiger partial charge >= 0.3 is 0 Å². The third-order valence-corrected chi connectivity index (χ3v) is 5.26. The van der Waals surface area contributed by atoms with E-state index in [1.54, 1.807) is 17.8 Å². The maximum Gasteiger partial charge on any atom is 0.153 e. The van der Waals surface area contributed by atoms with E-state index in [0.717, 1.165) is 32.0 Å². The van der Waals surface area contributed by atoms with Gasteiger partial charge in [0, 0.05) is 51.3 Å². The fraction of sp³-hybridized carbons (Fsp3) is 0.316. The van der Waals surface area contributed by atoms with Gasteiger partial charge in [0.1, 0.15) is 17.5 Å². The molecule has 0 aliphatic carbocycles. The largest absolute Gasteiger partial charge is 0.353 e. The van der Waals surface area contributed by atoms with Crippen LogP contribution in [0.5, 0.6) is 0 Å². The number of hydrogen-bond acceptors (Lipinski definition) is 5. The van der Waals surface area contributed by atoms with Crippen LogP contribution in [0.4, 0.5) is 14.6 Å². The van der Waals surface area contributed by atoms with Crippen LogP contribution in [-0.4, -0.2) is 50.6 Å². The first-order chi connectivity index (χ1) is 13.6. The smallest absolute Gasteiger partial charge is 0.153 e. The first kappa shape index (κ1) is 17.1. The summed E-state index contributed by atoms with van der Waals surface area (Å²) in [6.45, 7) is 3.53. The van der Waals surface area contributed by atoms with Gasteiger partial charge in [-0.1, -0.05) is 0 Å². The van der Waals surface area contributed by atoms with E-state index in [4.69, 9.17) is 0 Å². The van der Waals surface area contributed by atoms with E-state index in [9.17, 15) is 8.78 Å². The molecule has 4 heterocycles. The minimum absolute atomic E-state index is 0.00308. The molecule has 1 aliphatic heterocycles. The Hall–Kier alpha value is -3.07. The number of nitrogens with one attached hydrogen (secondary N) is 1. The van der Waals surface area contributed by atoms with Gasteiger partial charge in [-0.25, -0.2) is 18.3 Å². The van der Waals surface area contributed by atoms with Gasteiger partial charge < -0.3 is 10.2 Å². The summed E-state index contributed by atoms with van der Waals surface area (Å²) in [5, 5.41) is 12.3. The van der Waals surface area contributed by atoms with Crippen LogP contribution in [0.25, 0.3) is 16.6 Å². The lowest BCUT2D eigenvalue weighted by atomic mass is 10.1. The number of hydrogen-bond donors (Lipinski definition) is 1. The standard InChI is InChI=1S/C19H19F2N7/c1-26-16-9-15(20)13(19(21)14(16)11-24-26)8-12-10-23-17-2-3-18(25-28(12)17)27-6-4-22-5-7-27/h2-3,9-11,22H,4-8H2,1H3. The van der Waals surface area contributed by atoms with E-state index in [-0.39, 0.29) is 12.0 Å². The number of fused-ring (bicyclic) bond motifs is 2.